The van der Waals surface area contributed by atoms with Gasteiger partial charge in [-0.25, -0.2) is 0 Å². The number of hydrogen-bond acceptors (Lipinski definition) is 1. The van der Waals surface area contributed by atoms with Crippen molar-refractivity contribution >= 4 is 11.6 Å². The highest BCUT2D eigenvalue weighted by Gasteiger charge is 2.19. The van der Waals surface area contributed by atoms with E-state index in [0.29, 0.717) is 0 Å². The Balaban J connectivity index is 0.000000531. The Morgan fingerprint density at radius 2 is 1.67 bits per heavy atom. The summed E-state index contributed by atoms with van der Waals surface area (Å²) in [6.07, 6.45) is 3.24. The van der Waals surface area contributed by atoms with Gasteiger partial charge >= 0.3 is 0 Å². The Hall–Kier alpha value is -1.83. The van der Waals surface area contributed by atoms with Crippen LogP contribution in [0.1, 0.15) is 13.8 Å². The highest BCUT2D eigenvalue weighted by Crippen LogP contribution is 2.22. The van der Waals surface area contributed by atoms with Gasteiger partial charge in [0.2, 0.25) is 0 Å². The third kappa shape index (κ3) is 2.34. The van der Waals surface area contributed by atoms with Crippen LogP contribution in [0.25, 0.3) is 0 Å². The molecule has 15 heavy (non-hydrogen) atoms. The van der Waals surface area contributed by atoms with E-state index in [4.69, 9.17) is 0 Å². The van der Waals surface area contributed by atoms with E-state index in [1.54, 1.807) is 11.0 Å². The Kier molecular flexibility index (Phi) is 3.86. The first-order valence-electron chi connectivity index (χ1n) is 5.05. The standard InChI is InChI=1S/C11H9NO.C2H6/c1-9-7-8-11(13)12(9)10-5-3-2-4-6-10;1-2/h2-8H,1H2;1-2H3. The maximum absolute atomic E-state index is 11.4. The molecule has 0 fully saturated rings. The lowest BCUT2D eigenvalue weighted by Gasteiger charge is -2.16. The van der Waals surface area contributed by atoms with Crippen molar-refractivity contribution in [2.24, 2.45) is 0 Å². The summed E-state index contributed by atoms with van der Waals surface area (Å²) in [4.78, 5) is 12.9. The SMILES string of the molecule is C=C1C=CC(=O)N1c1ccccc1.CC. The number of hydrogen-bond donors (Lipinski definition) is 0. The molecule has 1 aromatic rings. The minimum absolute atomic E-state index is 0.0313. The third-order valence-corrected chi connectivity index (χ3v) is 1.94. The molecule has 1 aromatic carbocycles. The van der Waals surface area contributed by atoms with Gasteiger partial charge in [0.1, 0.15) is 0 Å². The van der Waals surface area contributed by atoms with E-state index in [-0.39, 0.29) is 5.91 Å². The Morgan fingerprint density at radius 1 is 1.07 bits per heavy atom. The van der Waals surface area contributed by atoms with Crippen molar-refractivity contribution in [2.75, 3.05) is 4.90 Å². The Labute approximate surface area is 90.5 Å². The minimum atomic E-state index is -0.0313. The average molecular weight is 201 g/mol. The number of benzene rings is 1. The summed E-state index contributed by atoms with van der Waals surface area (Å²) in [5.41, 5.74) is 1.58. The molecule has 0 aliphatic carbocycles. The lowest BCUT2D eigenvalue weighted by Crippen LogP contribution is -2.22. The highest BCUT2D eigenvalue weighted by atomic mass is 16.2. The monoisotopic (exact) mass is 201 g/mol. The van der Waals surface area contributed by atoms with Crippen LogP contribution in [-0.4, -0.2) is 5.91 Å². The van der Waals surface area contributed by atoms with Gasteiger partial charge in [0, 0.05) is 17.5 Å². The van der Waals surface area contributed by atoms with Crippen LogP contribution in [-0.2, 0) is 4.79 Å². The van der Waals surface area contributed by atoms with E-state index < -0.39 is 0 Å². The van der Waals surface area contributed by atoms with E-state index in [9.17, 15) is 4.79 Å². The van der Waals surface area contributed by atoms with Crippen LogP contribution >= 0.6 is 0 Å². The quantitative estimate of drug-likeness (QED) is 0.683. The van der Waals surface area contributed by atoms with Gasteiger partial charge in [-0.2, -0.15) is 0 Å². The summed E-state index contributed by atoms with van der Waals surface area (Å²) in [6.45, 7) is 7.78. The number of anilines is 1. The zero-order valence-electron chi connectivity index (χ0n) is 9.10. The van der Waals surface area contributed by atoms with E-state index in [2.05, 4.69) is 6.58 Å². The van der Waals surface area contributed by atoms with Crippen molar-refractivity contribution in [3.05, 3.63) is 54.8 Å². The number of nitrogens with zero attached hydrogens (tertiary/aromatic N) is 1. The summed E-state index contributed by atoms with van der Waals surface area (Å²) >= 11 is 0. The minimum Gasteiger partial charge on any atom is -0.278 e. The second-order valence-corrected chi connectivity index (χ2v) is 2.83. The molecule has 0 saturated heterocycles. The summed E-state index contributed by atoms with van der Waals surface area (Å²) in [6, 6.07) is 9.48. The second kappa shape index (κ2) is 5.15. The van der Waals surface area contributed by atoms with E-state index in [0.717, 1.165) is 11.4 Å². The molecule has 0 N–H and O–H groups in total. The van der Waals surface area contributed by atoms with Crippen LogP contribution < -0.4 is 4.90 Å². The molecule has 2 heteroatoms. The van der Waals surface area contributed by atoms with Crippen LogP contribution in [0.15, 0.2) is 54.8 Å². The molecule has 0 unspecified atom stereocenters. The topological polar surface area (TPSA) is 20.3 Å². The van der Waals surface area contributed by atoms with E-state index >= 15 is 0 Å². The van der Waals surface area contributed by atoms with E-state index in [1.807, 2.05) is 44.2 Å². The van der Waals surface area contributed by atoms with E-state index in [1.165, 1.54) is 6.08 Å². The molecule has 2 nitrogen and oxygen atoms in total. The summed E-state index contributed by atoms with van der Waals surface area (Å²) in [5.74, 6) is -0.0313. The average Bonchev–Trinajstić information content (AvgIpc) is 2.63. The highest BCUT2D eigenvalue weighted by molar-refractivity contribution is 6.07. The molecule has 78 valence electrons. The number of allylic oxidation sites excluding steroid dienone is 1. The first-order chi connectivity index (χ1) is 7.29. The molecule has 1 amide bonds. The van der Waals surface area contributed by atoms with Gasteiger partial charge in [-0.1, -0.05) is 38.6 Å². The molecule has 0 spiro atoms. The molecule has 1 heterocycles. The summed E-state index contributed by atoms with van der Waals surface area (Å²) in [7, 11) is 0. The van der Waals surface area contributed by atoms with Crippen LogP contribution in [0.2, 0.25) is 0 Å². The molecular formula is C13H15NO. The van der Waals surface area contributed by atoms with Gasteiger partial charge in [-0.3, -0.25) is 9.69 Å². The molecule has 0 saturated carbocycles. The molecule has 0 atom stereocenters. The Bertz CT molecular complexity index is 361. The van der Waals surface area contributed by atoms with Gasteiger partial charge in [-0.15, -0.1) is 0 Å². The van der Waals surface area contributed by atoms with Crippen LogP contribution in [0.5, 0.6) is 0 Å². The van der Waals surface area contributed by atoms with Gasteiger partial charge in [0.05, 0.1) is 0 Å². The fraction of sp³-hybridized carbons (Fsp3) is 0.154. The predicted molar refractivity (Wildman–Crippen MR) is 63.6 cm³/mol. The van der Waals surface area contributed by atoms with Gasteiger partial charge in [-0.05, 0) is 18.2 Å². The van der Waals surface area contributed by atoms with Crippen LogP contribution in [0, 0.1) is 0 Å². The lowest BCUT2D eigenvalue weighted by molar-refractivity contribution is -0.113. The van der Waals surface area contributed by atoms with Gasteiger partial charge < -0.3 is 0 Å². The first-order valence-corrected chi connectivity index (χ1v) is 5.05. The van der Waals surface area contributed by atoms with Gasteiger partial charge in [0.15, 0.2) is 0 Å². The fourth-order valence-electron chi connectivity index (χ4n) is 1.33. The second-order valence-electron chi connectivity index (χ2n) is 2.83. The molecule has 1 aliphatic heterocycles. The molecular weight excluding hydrogens is 186 g/mol. The van der Waals surface area contributed by atoms with Crippen molar-refractivity contribution < 1.29 is 4.79 Å². The number of para-hydroxylation sites is 1. The first kappa shape index (κ1) is 11.2. The molecule has 2 rings (SSSR count). The molecule has 0 radical (unpaired) electrons. The number of rotatable bonds is 1. The fourth-order valence-corrected chi connectivity index (χ4v) is 1.33. The summed E-state index contributed by atoms with van der Waals surface area (Å²) in [5, 5.41) is 0. The number of amides is 1. The normalized spacial score (nSPS) is 13.9. The smallest absolute Gasteiger partial charge is 0.255 e. The molecule has 1 aliphatic rings. The Morgan fingerprint density at radius 3 is 2.13 bits per heavy atom. The van der Waals surface area contributed by atoms with Crippen LogP contribution in [0.3, 0.4) is 0 Å². The van der Waals surface area contributed by atoms with Crippen LogP contribution in [0.4, 0.5) is 5.69 Å². The van der Waals surface area contributed by atoms with Crippen molar-refractivity contribution in [1.82, 2.24) is 0 Å². The predicted octanol–water partition coefficient (Wildman–Crippen LogP) is 3.13. The maximum atomic E-state index is 11.4. The van der Waals surface area contributed by atoms with Crippen molar-refractivity contribution in [3.8, 4) is 0 Å². The largest absolute Gasteiger partial charge is 0.278 e. The summed E-state index contributed by atoms with van der Waals surface area (Å²) < 4.78 is 0. The third-order valence-electron chi connectivity index (χ3n) is 1.94. The zero-order valence-corrected chi connectivity index (χ0v) is 9.10. The number of carbonyl (C=O) groups excluding carboxylic acids is 1. The molecule has 0 aromatic heterocycles. The maximum Gasteiger partial charge on any atom is 0.255 e. The van der Waals surface area contributed by atoms with Gasteiger partial charge in [0.25, 0.3) is 5.91 Å². The zero-order chi connectivity index (χ0) is 11.3. The molecule has 0 bridgehead atoms. The van der Waals surface area contributed by atoms with Crippen molar-refractivity contribution in [2.45, 2.75) is 13.8 Å². The lowest BCUT2D eigenvalue weighted by atomic mass is 10.3. The van der Waals surface area contributed by atoms with Crippen molar-refractivity contribution in [3.63, 3.8) is 0 Å². The number of carbonyl (C=O) groups is 1. The van der Waals surface area contributed by atoms with Crippen molar-refractivity contribution in [1.29, 1.82) is 0 Å².